The van der Waals surface area contributed by atoms with E-state index in [2.05, 4.69) is 37.5 Å². The van der Waals surface area contributed by atoms with Crippen LogP contribution in [0.4, 0.5) is 0 Å². The van der Waals surface area contributed by atoms with Crippen molar-refractivity contribution < 1.29 is 42.1 Å². The molecule has 10 heteroatoms. The Balaban J connectivity index is 4.47. The minimum Gasteiger partial charge on any atom is -0.462 e. The Kier molecular flexibility index (Phi) is 35.5. The van der Waals surface area contributed by atoms with Gasteiger partial charge in [-0.1, -0.05) is 142 Å². The summed E-state index contributed by atoms with van der Waals surface area (Å²) < 4.78 is 34.0. The maximum absolute atomic E-state index is 12.6. The van der Waals surface area contributed by atoms with Gasteiger partial charge < -0.3 is 18.9 Å². The number of quaternary nitrogens is 1. The van der Waals surface area contributed by atoms with Crippen LogP contribution in [0.5, 0.6) is 0 Å². The highest BCUT2D eigenvalue weighted by molar-refractivity contribution is 7.47. The number of rotatable bonds is 36. The summed E-state index contributed by atoms with van der Waals surface area (Å²) in [6.45, 7) is 4.24. The Labute approximate surface area is 332 Å². The number of carbonyl (C=O) groups is 2. The molecule has 1 N–H and O–H groups in total. The standard InChI is InChI=1S/C44H80NO8P/c1-6-8-10-12-14-16-18-20-22-24-26-28-30-32-34-36-43(46)50-40-42(41-52-54(48,49)51-39-38-45(3,4)5)53-44(47)37-35-33-31-29-27-25-23-21-19-17-15-13-11-9-7-2/h42H,6-29,34-41H2,1-5H3/p+1/t42-/m1/s1. The zero-order chi connectivity index (χ0) is 40.0. The fourth-order valence-corrected chi connectivity index (χ4v) is 6.44. The van der Waals surface area contributed by atoms with Gasteiger partial charge in [0.05, 0.1) is 40.6 Å². The molecule has 0 saturated carbocycles. The second-order valence-corrected chi connectivity index (χ2v) is 17.1. The Morgan fingerprint density at radius 1 is 0.556 bits per heavy atom. The molecule has 0 aromatic rings. The van der Waals surface area contributed by atoms with Gasteiger partial charge in [0.2, 0.25) is 0 Å². The van der Waals surface area contributed by atoms with Gasteiger partial charge in [0, 0.05) is 25.7 Å². The molecule has 0 bridgehead atoms. The highest BCUT2D eigenvalue weighted by Gasteiger charge is 2.27. The van der Waals surface area contributed by atoms with Gasteiger partial charge >= 0.3 is 19.8 Å². The van der Waals surface area contributed by atoms with E-state index in [-0.39, 0.29) is 26.1 Å². The Hall–Kier alpha value is -1.87. The molecule has 0 heterocycles. The molecule has 0 aromatic carbocycles. The average molecular weight is 783 g/mol. The van der Waals surface area contributed by atoms with Crippen LogP contribution in [-0.4, -0.2) is 74.9 Å². The predicted octanol–water partition coefficient (Wildman–Crippen LogP) is 11.3. The molecule has 0 radical (unpaired) electrons. The molecule has 0 saturated heterocycles. The lowest BCUT2D eigenvalue weighted by Crippen LogP contribution is -2.37. The minimum atomic E-state index is -4.41. The summed E-state index contributed by atoms with van der Waals surface area (Å²) in [5, 5.41) is 0. The van der Waals surface area contributed by atoms with Crippen LogP contribution in [-0.2, 0) is 32.7 Å². The first-order chi connectivity index (χ1) is 26.0. The monoisotopic (exact) mass is 783 g/mol. The summed E-state index contributed by atoms with van der Waals surface area (Å²) in [5.74, 6) is 11.3. The molecule has 0 aliphatic carbocycles. The van der Waals surface area contributed by atoms with Crippen molar-refractivity contribution in [3.63, 3.8) is 0 Å². The van der Waals surface area contributed by atoms with E-state index in [1.807, 2.05) is 21.1 Å². The number of likely N-dealkylation sites (N-methyl/N-ethyl adjacent to an activating group) is 1. The zero-order valence-electron chi connectivity index (χ0n) is 35.4. The van der Waals surface area contributed by atoms with E-state index in [4.69, 9.17) is 18.5 Å². The maximum atomic E-state index is 12.6. The van der Waals surface area contributed by atoms with Crippen molar-refractivity contribution in [3.05, 3.63) is 0 Å². The molecule has 9 nitrogen and oxygen atoms in total. The number of nitrogens with zero attached hydrogens (tertiary/aromatic N) is 1. The Morgan fingerprint density at radius 3 is 1.37 bits per heavy atom. The predicted molar refractivity (Wildman–Crippen MR) is 222 cm³/mol. The molecular formula is C44H81NO8P+. The van der Waals surface area contributed by atoms with Crippen LogP contribution in [0.1, 0.15) is 194 Å². The van der Waals surface area contributed by atoms with E-state index < -0.39 is 32.5 Å². The Morgan fingerprint density at radius 2 is 0.944 bits per heavy atom. The molecule has 0 fully saturated rings. The quantitative estimate of drug-likeness (QED) is 0.0220. The first-order valence-electron chi connectivity index (χ1n) is 21.7. The van der Waals surface area contributed by atoms with E-state index in [0.29, 0.717) is 23.9 Å². The molecule has 0 aliphatic rings. The second-order valence-electron chi connectivity index (χ2n) is 15.7. The van der Waals surface area contributed by atoms with Crippen molar-refractivity contribution in [3.8, 4) is 23.7 Å². The van der Waals surface area contributed by atoms with Gasteiger partial charge in [0.25, 0.3) is 0 Å². The van der Waals surface area contributed by atoms with Gasteiger partial charge in [-0.3, -0.25) is 18.6 Å². The van der Waals surface area contributed by atoms with Crippen molar-refractivity contribution in [2.24, 2.45) is 0 Å². The smallest absolute Gasteiger partial charge is 0.462 e. The molecule has 54 heavy (non-hydrogen) atoms. The lowest BCUT2D eigenvalue weighted by molar-refractivity contribution is -0.870. The van der Waals surface area contributed by atoms with Gasteiger partial charge in [0.15, 0.2) is 6.10 Å². The van der Waals surface area contributed by atoms with E-state index in [9.17, 15) is 19.0 Å². The normalized spacial score (nSPS) is 12.9. The number of ether oxygens (including phenoxy) is 2. The third-order valence-corrected chi connectivity index (χ3v) is 10.1. The van der Waals surface area contributed by atoms with E-state index in [1.165, 1.54) is 128 Å². The highest BCUT2D eigenvalue weighted by Crippen LogP contribution is 2.43. The number of phosphoric acid groups is 1. The summed E-state index contributed by atoms with van der Waals surface area (Å²) >= 11 is 0. The number of phosphoric ester groups is 1. The average Bonchev–Trinajstić information content (AvgIpc) is 3.12. The number of hydrogen-bond acceptors (Lipinski definition) is 7. The molecule has 0 spiro atoms. The van der Waals surface area contributed by atoms with Crippen LogP contribution >= 0.6 is 7.82 Å². The van der Waals surface area contributed by atoms with E-state index in [0.717, 1.165) is 25.7 Å². The molecule has 0 aromatic heterocycles. The lowest BCUT2D eigenvalue weighted by Gasteiger charge is -2.24. The molecule has 0 amide bonds. The first kappa shape index (κ1) is 52.1. The van der Waals surface area contributed by atoms with E-state index in [1.54, 1.807) is 0 Å². The van der Waals surface area contributed by atoms with Crippen LogP contribution < -0.4 is 0 Å². The topological polar surface area (TPSA) is 108 Å². The SMILES string of the molecule is CCCCCCCCCCCCCC#CCCC(=O)OC[C@H](COP(=O)(O)OCC[N+](C)(C)C)OC(=O)CCC#CCCCCCCCCCCCCC. The van der Waals surface area contributed by atoms with Crippen LogP contribution in [0.2, 0.25) is 0 Å². The maximum Gasteiger partial charge on any atom is 0.472 e. The van der Waals surface area contributed by atoms with Crippen LogP contribution in [0.15, 0.2) is 0 Å². The molecule has 0 rings (SSSR count). The molecule has 1 unspecified atom stereocenters. The summed E-state index contributed by atoms with van der Waals surface area (Å²) in [6.07, 6.45) is 29.8. The van der Waals surface area contributed by atoms with Crippen molar-refractivity contribution >= 4 is 19.8 Å². The number of hydrogen-bond donors (Lipinski definition) is 1. The van der Waals surface area contributed by atoms with Crippen molar-refractivity contribution in [2.45, 2.75) is 200 Å². The van der Waals surface area contributed by atoms with Crippen molar-refractivity contribution in [1.29, 1.82) is 0 Å². The number of esters is 2. The Bertz CT molecular complexity index is 1080. The number of unbranched alkanes of at least 4 members (excludes halogenated alkanes) is 22. The fraction of sp³-hybridized carbons (Fsp3) is 0.864. The van der Waals surface area contributed by atoms with Gasteiger partial charge in [-0.05, 0) is 12.8 Å². The van der Waals surface area contributed by atoms with Crippen LogP contribution in [0.3, 0.4) is 0 Å². The number of carbonyl (C=O) groups excluding carboxylic acids is 2. The summed E-state index contributed by atoms with van der Waals surface area (Å²) in [7, 11) is 1.40. The van der Waals surface area contributed by atoms with Crippen LogP contribution in [0.25, 0.3) is 0 Å². The molecular weight excluding hydrogens is 701 g/mol. The third-order valence-electron chi connectivity index (χ3n) is 9.14. The molecule has 2 atom stereocenters. The van der Waals surface area contributed by atoms with Crippen molar-refractivity contribution in [1.82, 2.24) is 0 Å². The summed E-state index contributed by atoms with van der Waals surface area (Å²) in [5.41, 5.74) is 0. The lowest BCUT2D eigenvalue weighted by atomic mass is 10.1. The highest BCUT2D eigenvalue weighted by atomic mass is 31.2. The van der Waals surface area contributed by atoms with Gasteiger partial charge in [-0.15, -0.1) is 23.7 Å². The summed E-state index contributed by atoms with van der Waals surface area (Å²) in [4.78, 5) is 35.2. The van der Waals surface area contributed by atoms with E-state index >= 15 is 0 Å². The third kappa shape index (κ3) is 39.8. The van der Waals surface area contributed by atoms with Crippen LogP contribution in [0, 0.1) is 23.7 Å². The summed E-state index contributed by atoms with van der Waals surface area (Å²) in [6, 6.07) is 0. The minimum absolute atomic E-state index is 0.00880. The first-order valence-corrected chi connectivity index (χ1v) is 23.2. The second kappa shape index (κ2) is 36.7. The van der Waals surface area contributed by atoms with Gasteiger partial charge in [-0.25, -0.2) is 4.57 Å². The van der Waals surface area contributed by atoms with Gasteiger partial charge in [0.1, 0.15) is 19.8 Å². The molecule has 0 aliphatic heterocycles. The fourth-order valence-electron chi connectivity index (χ4n) is 5.70. The van der Waals surface area contributed by atoms with Crippen molar-refractivity contribution in [2.75, 3.05) is 47.5 Å². The largest absolute Gasteiger partial charge is 0.472 e. The molecule has 314 valence electrons. The zero-order valence-corrected chi connectivity index (χ0v) is 36.3. The van der Waals surface area contributed by atoms with Gasteiger partial charge in [-0.2, -0.15) is 0 Å².